The van der Waals surface area contributed by atoms with Gasteiger partial charge in [0.25, 0.3) is 5.91 Å². The smallest absolute Gasteiger partial charge is 0.328 e. The number of fused-ring (bicyclic) bond motifs is 3. The van der Waals surface area contributed by atoms with Gasteiger partial charge in [0.05, 0.1) is 16.6 Å². The van der Waals surface area contributed by atoms with Crippen LogP contribution in [0.25, 0.3) is 0 Å². The normalized spacial score (nSPS) is 25.9. The van der Waals surface area contributed by atoms with Gasteiger partial charge in [-0.1, -0.05) is 41.4 Å². The van der Waals surface area contributed by atoms with Gasteiger partial charge in [0.15, 0.2) is 0 Å². The number of amides is 3. The SMILES string of the molecule is Cc1cccc(N2CCCN3C4C(=O)N(Cc5ccc(Cl)c(Cl)c5)C(=O)N(C)C4NC23)c1. The molecule has 7 nitrogen and oxygen atoms in total. The van der Waals surface area contributed by atoms with Crippen molar-refractivity contribution in [2.75, 3.05) is 25.0 Å². The highest BCUT2D eigenvalue weighted by Gasteiger charge is 2.56. The minimum atomic E-state index is -0.446. The standard InChI is InChI=1S/C23H25Cl2N5O2/c1-14-5-3-6-16(11-14)28-9-4-10-29-19-20(26-22(28)29)27(2)23(32)30(21(19)31)13-15-7-8-17(24)18(25)12-15/h3,5-8,11-12,19-20,22,26H,4,9-10,13H2,1-2H3. The van der Waals surface area contributed by atoms with Crippen molar-refractivity contribution in [2.24, 2.45) is 0 Å². The second-order valence-electron chi connectivity index (χ2n) is 8.62. The number of halogens is 2. The Labute approximate surface area is 197 Å². The van der Waals surface area contributed by atoms with Crippen LogP contribution in [0.4, 0.5) is 10.5 Å². The molecule has 32 heavy (non-hydrogen) atoms. The van der Waals surface area contributed by atoms with E-state index in [1.807, 2.05) is 6.07 Å². The van der Waals surface area contributed by atoms with E-state index in [0.29, 0.717) is 10.0 Å². The lowest BCUT2D eigenvalue weighted by atomic mass is 10.1. The van der Waals surface area contributed by atoms with Gasteiger partial charge in [0, 0.05) is 25.8 Å². The zero-order valence-electron chi connectivity index (χ0n) is 18.0. The second-order valence-corrected chi connectivity index (χ2v) is 9.43. The zero-order valence-corrected chi connectivity index (χ0v) is 19.5. The molecule has 0 aliphatic carbocycles. The number of anilines is 1. The van der Waals surface area contributed by atoms with Crippen LogP contribution in [0.2, 0.25) is 10.0 Å². The van der Waals surface area contributed by atoms with Crippen LogP contribution in [-0.4, -0.2) is 65.3 Å². The summed E-state index contributed by atoms with van der Waals surface area (Å²) in [5.74, 6) is -0.190. The summed E-state index contributed by atoms with van der Waals surface area (Å²) in [6, 6.07) is 12.8. The first-order chi connectivity index (χ1) is 15.3. The third kappa shape index (κ3) is 3.53. The molecule has 3 amide bonds. The van der Waals surface area contributed by atoms with Crippen LogP contribution in [-0.2, 0) is 11.3 Å². The highest BCUT2D eigenvalue weighted by Crippen LogP contribution is 2.34. The lowest BCUT2D eigenvalue weighted by Crippen LogP contribution is -2.66. The maximum atomic E-state index is 13.6. The Balaban J connectivity index is 1.43. The molecular weight excluding hydrogens is 449 g/mol. The van der Waals surface area contributed by atoms with Crippen LogP contribution < -0.4 is 10.2 Å². The Hall–Kier alpha value is -2.32. The predicted octanol–water partition coefficient (Wildman–Crippen LogP) is 3.49. The minimum absolute atomic E-state index is 0.148. The number of rotatable bonds is 3. The first kappa shape index (κ1) is 21.5. The topological polar surface area (TPSA) is 59.1 Å². The summed E-state index contributed by atoms with van der Waals surface area (Å²) in [6.07, 6.45) is 0.410. The van der Waals surface area contributed by atoms with Gasteiger partial charge >= 0.3 is 6.03 Å². The van der Waals surface area contributed by atoms with Crippen molar-refractivity contribution >= 4 is 40.8 Å². The fourth-order valence-electron chi connectivity index (χ4n) is 4.96. The molecule has 5 rings (SSSR count). The number of hydrogen-bond donors (Lipinski definition) is 1. The van der Waals surface area contributed by atoms with E-state index in [2.05, 4.69) is 40.2 Å². The van der Waals surface area contributed by atoms with E-state index in [1.165, 1.54) is 10.5 Å². The Kier molecular flexibility index (Phi) is 5.53. The average molecular weight is 474 g/mol. The van der Waals surface area contributed by atoms with E-state index in [0.717, 1.165) is 30.8 Å². The van der Waals surface area contributed by atoms with Crippen LogP contribution in [0.15, 0.2) is 42.5 Å². The molecule has 0 aromatic heterocycles. The molecule has 0 spiro atoms. The van der Waals surface area contributed by atoms with E-state index >= 15 is 0 Å². The largest absolute Gasteiger partial charge is 0.343 e. The number of benzene rings is 2. The molecule has 0 saturated carbocycles. The molecule has 168 valence electrons. The second kappa shape index (κ2) is 8.23. The van der Waals surface area contributed by atoms with Gasteiger partial charge in [-0.3, -0.25) is 19.9 Å². The van der Waals surface area contributed by atoms with Gasteiger partial charge < -0.3 is 9.80 Å². The lowest BCUT2D eigenvalue weighted by molar-refractivity contribution is -0.139. The van der Waals surface area contributed by atoms with Crippen molar-refractivity contribution in [1.29, 1.82) is 0 Å². The molecule has 3 aliphatic heterocycles. The summed E-state index contributed by atoms with van der Waals surface area (Å²) in [5, 5.41) is 4.39. The van der Waals surface area contributed by atoms with E-state index in [4.69, 9.17) is 23.2 Å². The fraction of sp³-hybridized carbons (Fsp3) is 0.391. The number of carbonyl (C=O) groups excluding carboxylic acids is 2. The van der Waals surface area contributed by atoms with E-state index in [-0.39, 0.29) is 30.9 Å². The molecule has 3 atom stereocenters. The molecule has 9 heteroatoms. The number of likely N-dealkylation sites (N-methyl/N-ethyl adjacent to an activating group) is 1. The van der Waals surface area contributed by atoms with Crippen LogP contribution in [0.5, 0.6) is 0 Å². The number of imide groups is 1. The third-order valence-electron chi connectivity index (χ3n) is 6.53. The van der Waals surface area contributed by atoms with Gasteiger partial charge in [-0.25, -0.2) is 4.79 Å². The molecule has 0 radical (unpaired) electrons. The molecule has 3 heterocycles. The van der Waals surface area contributed by atoms with Crippen molar-refractivity contribution in [3.63, 3.8) is 0 Å². The molecule has 1 N–H and O–H groups in total. The van der Waals surface area contributed by atoms with Crippen LogP contribution >= 0.6 is 23.2 Å². The minimum Gasteiger partial charge on any atom is -0.343 e. The number of carbonyl (C=O) groups is 2. The lowest BCUT2D eigenvalue weighted by Gasteiger charge is -2.44. The zero-order chi connectivity index (χ0) is 22.6. The highest BCUT2D eigenvalue weighted by atomic mass is 35.5. The molecule has 0 bridgehead atoms. The molecule has 3 aliphatic rings. The van der Waals surface area contributed by atoms with Crippen LogP contribution in [0, 0.1) is 6.92 Å². The summed E-state index contributed by atoms with van der Waals surface area (Å²) in [7, 11) is 1.75. The monoisotopic (exact) mass is 473 g/mol. The Morgan fingerprint density at radius 1 is 1.06 bits per heavy atom. The molecule has 3 saturated heterocycles. The molecular formula is C23H25Cl2N5O2. The van der Waals surface area contributed by atoms with Crippen LogP contribution in [0.3, 0.4) is 0 Å². The summed E-state index contributed by atoms with van der Waals surface area (Å²) in [6.45, 7) is 3.90. The predicted molar refractivity (Wildman–Crippen MR) is 125 cm³/mol. The quantitative estimate of drug-likeness (QED) is 0.739. The summed E-state index contributed by atoms with van der Waals surface area (Å²) in [4.78, 5) is 34.1. The molecule has 2 aromatic carbocycles. The number of hydrogen-bond acceptors (Lipinski definition) is 5. The van der Waals surface area contributed by atoms with Gasteiger partial charge in [0.1, 0.15) is 18.5 Å². The number of aryl methyl sites for hydroxylation is 1. The summed E-state index contributed by atoms with van der Waals surface area (Å²) < 4.78 is 0. The highest BCUT2D eigenvalue weighted by molar-refractivity contribution is 6.42. The van der Waals surface area contributed by atoms with Gasteiger partial charge in [-0.05, 0) is 48.7 Å². The number of urea groups is 1. The third-order valence-corrected chi connectivity index (χ3v) is 7.27. The van der Waals surface area contributed by atoms with Crippen molar-refractivity contribution in [1.82, 2.24) is 20.0 Å². The van der Waals surface area contributed by atoms with E-state index in [1.54, 1.807) is 30.1 Å². The van der Waals surface area contributed by atoms with E-state index in [9.17, 15) is 9.59 Å². The number of nitrogens with one attached hydrogen (secondary N) is 1. The van der Waals surface area contributed by atoms with Gasteiger partial charge in [0.2, 0.25) is 0 Å². The fourth-order valence-corrected chi connectivity index (χ4v) is 5.28. The summed E-state index contributed by atoms with van der Waals surface area (Å²) in [5.41, 5.74) is 3.06. The maximum absolute atomic E-state index is 13.6. The van der Waals surface area contributed by atoms with Crippen molar-refractivity contribution in [3.8, 4) is 0 Å². The molecule has 3 fully saturated rings. The summed E-state index contributed by atoms with van der Waals surface area (Å²) >= 11 is 12.2. The van der Waals surface area contributed by atoms with Gasteiger partial charge in [-0.2, -0.15) is 0 Å². The first-order valence-corrected chi connectivity index (χ1v) is 11.5. The van der Waals surface area contributed by atoms with Crippen molar-refractivity contribution in [3.05, 3.63) is 63.6 Å². The van der Waals surface area contributed by atoms with Gasteiger partial charge in [-0.15, -0.1) is 0 Å². The average Bonchev–Trinajstić information content (AvgIpc) is 3.17. The van der Waals surface area contributed by atoms with E-state index < -0.39 is 6.04 Å². The Morgan fingerprint density at radius 3 is 2.62 bits per heavy atom. The van der Waals surface area contributed by atoms with Crippen LogP contribution in [0.1, 0.15) is 17.5 Å². The molecule has 2 aromatic rings. The van der Waals surface area contributed by atoms with Crippen molar-refractivity contribution in [2.45, 2.75) is 38.4 Å². The van der Waals surface area contributed by atoms with Crippen molar-refractivity contribution < 1.29 is 9.59 Å². The molecule has 3 unspecified atom stereocenters. The maximum Gasteiger partial charge on any atom is 0.328 e. The Morgan fingerprint density at radius 2 is 1.88 bits per heavy atom. The Bertz CT molecular complexity index is 1080. The number of nitrogens with zero attached hydrogens (tertiary/aromatic N) is 4. The first-order valence-electron chi connectivity index (χ1n) is 10.7.